The molecule has 5 heteroatoms. The second-order valence-corrected chi connectivity index (χ2v) is 5.25. The lowest BCUT2D eigenvalue weighted by Gasteiger charge is -2.14. The van der Waals surface area contributed by atoms with E-state index >= 15 is 0 Å². The first kappa shape index (κ1) is 16.7. The van der Waals surface area contributed by atoms with Gasteiger partial charge in [-0.1, -0.05) is 13.0 Å². The van der Waals surface area contributed by atoms with E-state index in [2.05, 4.69) is 0 Å². The van der Waals surface area contributed by atoms with Gasteiger partial charge in [-0.2, -0.15) is 0 Å². The van der Waals surface area contributed by atoms with Crippen LogP contribution in [0.2, 0.25) is 0 Å². The lowest BCUT2D eigenvalue weighted by Crippen LogP contribution is -2.14. The molecule has 0 aliphatic rings. The predicted octanol–water partition coefficient (Wildman–Crippen LogP) is 3.70. The van der Waals surface area contributed by atoms with E-state index in [1.54, 1.807) is 25.1 Å². The van der Waals surface area contributed by atoms with Crippen molar-refractivity contribution in [3.05, 3.63) is 59.4 Å². The molecule has 0 aromatic heterocycles. The summed E-state index contributed by atoms with van der Waals surface area (Å²) in [6, 6.07) is 10.4. The second-order valence-electron chi connectivity index (χ2n) is 5.25. The molecule has 23 heavy (non-hydrogen) atoms. The molecule has 0 atom stereocenters. The van der Waals surface area contributed by atoms with Gasteiger partial charge in [-0.25, -0.2) is 9.18 Å². The van der Waals surface area contributed by atoms with Gasteiger partial charge in [0.1, 0.15) is 11.6 Å². The molecule has 2 rings (SSSR count). The monoisotopic (exact) mass is 315 g/mol. The Kier molecular flexibility index (Phi) is 5.11. The van der Waals surface area contributed by atoms with Gasteiger partial charge in [-0.05, 0) is 30.3 Å². The molecule has 2 aromatic rings. The van der Waals surface area contributed by atoms with Crippen LogP contribution in [-0.4, -0.2) is 25.8 Å². The topological polar surface area (TPSA) is 46.6 Å². The standard InChI is InChI=1S/C18H18FNO3/c1-4-16(21)15-9-8-13(19)11-17(15)23-18(22)12-6-5-7-14(10-12)20(2)3/h5-11H,4H2,1-3H3. The van der Waals surface area contributed by atoms with E-state index in [4.69, 9.17) is 4.74 Å². The zero-order valence-corrected chi connectivity index (χ0v) is 13.3. The average molecular weight is 315 g/mol. The molecule has 120 valence electrons. The molecule has 0 heterocycles. The number of nitrogens with zero attached hydrogens (tertiary/aromatic N) is 1. The van der Waals surface area contributed by atoms with E-state index in [9.17, 15) is 14.0 Å². The largest absolute Gasteiger partial charge is 0.422 e. The smallest absolute Gasteiger partial charge is 0.343 e. The molecule has 0 aliphatic heterocycles. The number of carbonyl (C=O) groups is 2. The molecule has 0 N–H and O–H groups in total. The maximum atomic E-state index is 13.4. The highest BCUT2D eigenvalue weighted by molar-refractivity contribution is 6.00. The highest BCUT2D eigenvalue weighted by atomic mass is 19.1. The number of carbonyl (C=O) groups excluding carboxylic acids is 2. The van der Waals surface area contributed by atoms with Crippen LogP contribution in [0.4, 0.5) is 10.1 Å². The number of halogens is 1. The fourth-order valence-corrected chi connectivity index (χ4v) is 2.07. The second kappa shape index (κ2) is 7.05. The third-order valence-corrected chi connectivity index (χ3v) is 3.37. The van der Waals surface area contributed by atoms with Crippen LogP contribution < -0.4 is 9.64 Å². The van der Waals surface area contributed by atoms with Gasteiger partial charge in [0.15, 0.2) is 5.78 Å². The number of Topliss-reactive ketones (excluding diaryl/α,β-unsaturated/α-hetero) is 1. The Morgan fingerprint density at radius 1 is 1.13 bits per heavy atom. The summed E-state index contributed by atoms with van der Waals surface area (Å²) in [7, 11) is 3.71. The van der Waals surface area contributed by atoms with Gasteiger partial charge in [0.05, 0.1) is 11.1 Å². The molecule has 4 nitrogen and oxygen atoms in total. The fourth-order valence-electron chi connectivity index (χ4n) is 2.07. The molecular weight excluding hydrogens is 297 g/mol. The maximum absolute atomic E-state index is 13.4. The van der Waals surface area contributed by atoms with Gasteiger partial charge in [-0.3, -0.25) is 4.79 Å². The van der Waals surface area contributed by atoms with Crippen LogP contribution in [0, 0.1) is 5.82 Å². The Labute approximate surface area is 134 Å². The van der Waals surface area contributed by atoms with Crippen molar-refractivity contribution in [3.63, 3.8) is 0 Å². The van der Waals surface area contributed by atoms with Gasteiger partial charge in [0.2, 0.25) is 0 Å². The van der Waals surface area contributed by atoms with E-state index in [0.29, 0.717) is 5.56 Å². The van der Waals surface area contributed by atoms with Crippen molar-refractivity contribution < 1.29 is 18.7 Å². The molecule has 0 saturated carbocycles. The highest BCUT2D eigenvalue weighted by Crippen LogP contribution is 2.23. The molecule has 0 unspecified atom stereocenters. The lowest BCUT2D eigenvalue weighted by atomic mass is 10.1. The van der Waals surface area contributed by atoms with Crippen LogP contribution in [0.1, 0.15) is 34.1 Å². The number of anilines is 1. The highest BCUT2D eigenvalue weighted by Gasteiger charge is 2.17. The maximum Gasteiger partial charge on any atom is 0.343 e. The number of ether oxygens (including phenoxy) is 1. The molecule has 0 fully saturated rings. The van der Waals surface area contributed by atoms with Crippen molar-refractivity contribution >= 4 is 17.4 Å². The van der Waals surface area contributed by atoms with Crippen molar-refractivity contribution in [2.45, 2.75) is 13.3 Å². The van der Waals surface area contributed by atoms with E-state index < -0.39 is 11.8 Å². The van der Waals surface area contributed by atoms with Crippen molar-refractivity contribution in [2.24, 2.45) is 0 Å². The third-order valence-electron chi connectivity index (χ3n) is 3.37. The minimum Gasteiger partial charge on any atom is -0.422 e. The van der Waals surface area contributed by atoms with Gasteiger partial charge in [0.25, 0.3) is 0 Å². The summed E-state index contributed by atoms with van der Waals surface area (Å²) in [5, 5.41) is 0. The molecule has 0 aliphatic carbocycles. The van der Waals surface area contributed by atoms with E-state index in [1.807, 2.05) is 25.1 Å². The number of hydrogen-bond acceptors (Lipinski definition) is 4. The Hall–Kier alpha value is -2.69. The Bertz CT molecular complexity index is 741. The minimum absolute atomic E-state index is 0.0582. The average Bonchev–Trinajstić information content (AvgIpc) is 2.54. The summed E-state index contributed by atoms with van der Waals surface area (Å²) in [5.41, 5.74) is 1.37. The molecule has 0 amide bonds. The van der Waals surface area contributed by atoms with Crippen LogP contribution in [-0.2, 0) is 0 Å². The summed E-state index contributed by atoms with van der Waals surface area (Å²) in [5.74, 6) is -1.47. The summed E-state index contributed by atoms with van der Waals surface area (Å²) in [6.45, 7) is 1.69. The van der Waals surface area contributed by atoms with Crippen LogP contribution in [0.5, 0.6) is 5.75 Å². The number of benzene rings is 2. The van der Waals surface area contributed by atoms with Gasteiger partial charge in [-0.15, -0.1) is 0 Å². The minimum atomic E-state index is -0.635. The first-order valence-electron chi connectivity index (χ1n) is 7.24. The molecule has 0 saturated heterocycles. The van der Waals surface area contributed by atoms with E-state index in [-0.39, 0.29) is 23.5 Å². The zero-order valence-electron chi connectivity index (χ0n) is 13.3. The number of hydrogen-bond donors (Lipinski definition) is 0. The van der Waals surface area contributed by atoms with Crippen LogP contribution in [0.25, 0.3) is 0 Å². The van der Waals surface area contributed by atoms with Crippen molar-refractivity contribution in [1.82, 2.24) is 0 Å². The molecular formula is C18H18FNO3. The summed E-state index contributed by atoms with van der Waals surface area (Å²) in [6.07, 6.45) is 0.242. The van der Waals surface area contributed by atoms with Crippen molar-refractivity contribution in [3.8, 4) is 5.75 Å². The Morgan fingerprint density at radius 2 is 1.87 bits per heavy atom. The normalized spacial score (nSPS) is 10.3. The Balaban J connectivity index is 2.31. The quantitative estimate of drug-likeness (QED) is 0.479. The van der Waals surface area contributed by atoms with Crippen LogP contribution >= 0.6 is 0 Å². The number of ketones is 1. The SMILES string of the molecule is CCC(=O)c1ccc(F)cc1OC(=O)c1cccc(N(C)C)c1. The fraction of sp³-hybridized carbons (Fsp3) is 0.222. The van der Waals surface area contributed by atoms with Crippen molar-refractivity contribution in [2.75, 3.05) is 19.0 Å². The van der Waals surface area contributed by atoms with Gasteiger partial charge in [0, 0.05) is 32.3 Å². The molecule has 0 bridgehead atoms. The van der Waals surface area contributed by atoms with Crippen LogP contribution in [0.3, 0.4) is 0 Å². The number of esters is 1. The van der Waals surface area contributed by atoms with Crippen molar-refractivity contribution in [1.29, 1.82) is 0 Å². The first-order valence-corrected chi connectivity index (χ1v) is 7.24. The molecule has 2 aromatic carbocycles. The molecule has 0 spiro atoms. The predicted molar refractivity (Wildman–Crippen MR) is 86.7 cm³/mol. The zero-order chi connectivity index (χ0) is 17.0. The molecule has 0 radical (unpaired) electrons. The summed E-state index contributed by atoms with van der Waals surface area (Å²) < 4.78 is 18.7. The van der Waals surface area contributed by atoms with Crippen LogP contribution in [0.15, 0.2) is 42.5 Å². The lowest BCUT2D eigenvalue weighted by molar-refractivity contribution is 0.0732. The number of rotatable bonds is 5. The van der Waals surface area contributed by atoms with Gasteiger partial charge < -0.3 is 9.64 Å². The first-order chi connectivity index (χ1) is 10.9. The third kappa shape index (κ3) is 3.94. The summed E-state index contributed by atoms with van der Waals surface area (Å²) in [4.78, 5) is 26.0. The van der Waals surface area contributed by atoms with E-state index in [0.717, 1.165) is 11.8 Å². The van der Waals surface area contributed by atoms with E-state index in [1.165, 1.54) is 12.1 Å². The van der Waals surface area contributed by atoms with Gasteiger partial charge >= 0.3 is 5.97 Å². The Morgan fingerprint density at radius 3 is 2.52 bits per heavy atom. The summed E-state index contributed by atoms with van der Waals surface area (Å²) >= 11 is 0.